The average Bonchev–Trinajstić information content (AvgIpc) is 2.76. The Morgan fingerprint density at radius 2 is 1.86 bits per heavy atom. The van der Waals surface area contributed by atoms with E-state index < -0.39 is 29.0 Å². The first-order valence-corrected chi connectivity index (χ1v) is 6.57. The monoisotopic (exact) mass is 299 g/mol. The van der Waals surface area contributed by atoms with Crippen molar-refractivity contribution in [3.8, 4) is 0 Å². The molecule has 0 radical (unpaired) electrons. The molecule has 0 saturated carbocycles. The number of carboxylic acid groups (broad SMARTS) is 1. The summed E-state index contributed by atoms with van der Waals surface area (Å²) >= 11 is 0. The fraction of sp³-hybridized carbons (Fsp3) is 0.692. The molecule has 1 rings (SSSR count). The van der Waals surface area contributed by atoms with Gasteiger partial charge in [-0.1, -0.05) is 0 Å². The number of aromatic nitrogens is 2. The largest absolute Gasteiger partial charge is 0.475 e. The number of nitrogens with zero attached hydrogens (tertiary/aromatic N) is 3. The minimum atomic E-state index is -1.29. The summed E-state index contributed by atoms with van der Waals surface area (Å²) in [6, 6.07) is 0. The minimum absolute atomic E-state index is 0.0348. The molecule has 1 aromatic heterocycles. The predicted octanol–water partition coefficient (Wildman–Crippen LogP) is 2.26. The van der Waals surface area contributed by atoms with Gasteiger partial charge in [0.15, 0.2) is 0 Å². The zero-order valence-corrected chi connectivity index (χ0v) is 13.1. The van der Waals surface area contributed by atoms with E-state index in [-0.39, 0.29) is 5.89 Å². The maximum absolute atomic E-state index is 12.2. The van der Waals surface area contributed by atoms with E-state index in [1.165, 1.54) is 4.90 Å². The number of carbonyl (C=O) groups excluding carboxylic acids is 1. The van der Waals surface area contributed by atoms with Crippen LogP contribution in [0.5, 0.6) is 0 Å². The highest BCUT2D eigenvalue weighted by Gasteiger charge is 2.39. The van der Waals surface area contributed by atoms with Crippen LogP contribution in [-0.2, 0) is 10.3 Å². The van der Waals surface area contributed by atoms with Crippen LogP contribution in [0.4, 0.5) is 4.79 Å². The first-order chi connectivity index (χ1) is 9.49. The number of hydrogen-bond acceptors (Lipinski definition) is 6. The fourth-order valence-corrected chi connectivity index (χ4v) is 1.74. The lowest BCUT2D eigenvalue weighted by atomic mass is 10.0. The smallest absolute Gasteiger partial charge is 0.411 e. The molecule has 0 aliphatic heterocycles. The van der Waals surface area contributed by atoms with E-state index in [0.717, 1.165) is 0 Å². The Morgan fingerprint density at radius 1 is 1.29 bits per heavy atom. The molecule has 0 atom stereocenters. The quantitative estimate of drug-likeness (QED) is 0.908. The topological polar surface area (TPSA) is 106 Å². The van der Waals surface area contributed by atoms with E-state index >= 15 is 0 Å². The van der Waals surface area contributed by atoms with Crippen LogP contribution in [0.2, 0.25) is 0 Å². The third-order valence-electron chi connectivity index (χ3n) is 2.75. The van der Waals surface area contributed by atoms with Crippen molar-refractivity contribution in [3.63, 3.8) is 0 Å². The average molecular weight is 299 g/mol. The Balaban J connectivity index is 3.06. The highest BCUT2D eigenvalue weighted by Crippen LogP contribution is 2.28. The number of carboxylic acids is 1. The molecule has 0 aromatic carbocycles. The van der Waals surface area contributed by atoms with E-state index in [9.17, 15) is 9.59 Å². The summed E-state index contributed by atoms with van der Waals surface area (Å²) in [6.45, 7) is 10.8. The molecule has 1 N–H and O–H groups in total. The van der Waals surface area contributed by atoms with Gasteiger partial charge in [-0.05, 0) is 46.7 Å². The molecule has 0 bridgehead atoms. The molecular formula is C13H21N3O5. The summed E-state index contributed by atoms with van der Waals surface area (Å²) in [5, 5.41) is 12.2. The van der Waals surface area contributed by atoms with E-state index in [0.29, 0.717) is 6.54 Å². The molecule has 118 valence electrons. The van der Waals surface area contributed by atoms with Gasteiger partial charge < -0.3 is 14.4 Å². The Morgan fingerprint density at radius 3 is 2.24 bits per heavy atom. The van der Waals surface area contributed by atoms with Gasteiger partial charge in [-0.2, -0.15) is 4.98 Å². The molecular weight excluding hydrogens is 278 g/mol. The van der Waals surface area contributed by atoms with Crippen molar-refractivity contribution >= 4 is 12.1 Å². The third-order valence-corrected chi connectivity index (χ3v) is 2.75. The highest BCUT2D eigenvalue weighted by molar-refractivity contribution is 5.82. The number of hydrogen-bond donors (Lipinski definition) is 1. The van der Waals surface area contributed by atoms with E-state index in [1.807, 2.05) is 0 Å². The third kappa shape index (κ3) is 3.93. The number of aromatic carboxylic acids is 1. The van der Waals surface area contributed by atoms with Crippen molar-refractivity contribution in [2.45, 2.75) is 52.7 Å². The van der Waals surface area contributed by atoms with E-state index in [2.05, 4.69) is 10.1 Å². The molecule has 1 amide bonds. The van der Waals surface area contributed by atoms with Crippen molar-refractivity contribution in [1.82, 2.24) is 15.0 Å². The Labute approximate surface area is 123 Å². The van der Waals surface area contributed by atoms with Gasteiger partial charge in [-0.3, -0.25) is 4.90 Å². The number of amides is 1. The van der Waals surface area contributed by atoms with Crippen molar-refractivity contribution in [2.75, 3.05) is 6.54 Å². The maximum Gasteiger partial charge on any atom is 0.411 e. The van der Waals surface area contributed by atoms with E-state index in [4.69, 9.17) is 14.4 Å². The van der Waals surface area contributed by atoms with E-state index in [1.54, 1.807) is 41.5 Å². The maximum atomic E-state index is 12.2. The van der Waals surface area contributed by atoms with Crippen LogP contribution in [-0.4, -0.2) is 44.4 Å². The Hall–Kier alpha value is -2.12. The molecule has 8 nitrogen and oxygen atoms in total. The number of rotatable bonds is 4. The highest BCUT2D eigenvalue weighted by atomic mass is 16.6. The molecule has 0 saturated heterocycles. The van der Waals surface area contributed by atoms with Crippen LogP contribution >= 0.6 is 0 Å². The lowest BCUT2D eigenvalue weighted by Crippen LogP contribution is -2.47. The first kappa shape index (κ1) is 16.9. The molecule has 21 heavy (non-hydrogen) atoms. The zero-order chi connectivity index (χ0) is 16.4. The van der Waals surface area contributed by atoms with Gasteiger partial charge in [0, 0.05) is 6.54 Å². The van der Waals surface area contributed by atoms with Gasteiger partial charge in [0.2, 0.25) is 0 Å². The number of ether oxygens (including phenoxy) is 1. The molecule has 0 fully saturated rings. The van der Waals surface area contributed by atoms with Crippen LogP contribution in [0, 0.1) is 0 Å². The summed E-state index contributed by atoms with van der Waals surface area (Å²) in [4.78, 5) is 28.3. The molecule has 0 spiro atoms. The van der Waals surface area contributed by atoms with Crippen LogP contribution < -0.4 is 0 Å². The summed E-state index contributed by atoms with van der Waals surface area (Å²) in [5.74, 6) is -1.70. The molecule has 1 aromatic rings. The molecule has 0 aliphatic rings. The van der Waals surface area contributed by atoms with Crippen LogP contribution in [0.3, 0.4) is 0 Å². The summed E-state index contributed by atoms with van der Waals surface area (Å²) in [6.07, 6.45) is -0.537. The lowest BCUT2D eigenvalue weighted by molar-refractivity contribution is -0.00239. The van der Waals surface area contributed by atoms with Gasteiger partial charge >= 0.3 is 12.1 Å². The van der Waals surface area contributed by atoms with Gasteiger partial charge in [0.1, 0.15) is 11.1 Å². The standard InChI is InChI=1S/C13H21N3O5/c1-7-16(11(19)20-12(2,3)4)13(5,6)10-14-8(9(17)18)15-21-10/h7H2,1-6H3,(H,17,18). The van der Waals surface area contributed by atoms with Crippen molar-refractivity contribution in [3.05, 3.63) is 11.7 Å². The summed E-state index contributed by atoms with van der Waals surface area (Å²) < 4.78 is 10.3. The second-order valence-corrected chi connectivity index (χ2v) is 6.01. The Kier molecular flexibility index (Phi) is 4.60. The number of carbonyl (C=O) groups is 2. The summed E-state index contributed by atoms with van der Waals surface area (Å²) in [5.41, 5.74) is -1.63. The van der Waals surface area contributed by atoms with Crippen molar-refractivity contribution in [1.29, 1.82) is 0 Å². The van der Waals surface area contributed by atoms with Crippen LogP contribution in [0.15, 0.2) is 4.52 Å². The van der Waals surface area contributed by atoms with Crippen molar-refractivity contribution < 1.29 is 24.0 Å². The van der Waals surface area contributed by atoms with Gasteiger partial charge in [-0.25, -0.2) is 9.59 Å². The van der Waals surface area contributed by atoms with Gasteiger partial charge in [0.25, 0.3) is 11.7 Å². The van der Waals surface area contributed by atoms with Crippen LogP contribution in [0.1, 0.15) is 58.1 Å². The first-order valence-electron chi connectivity index (χ1n) is 6.57. The summed E-state index contributed by atoms with van der Waals surface area (Å²) in [7, 11) is 0. The predicted molar refractivity (Wildman–Crippen MR) is 72.9 cm³/mol. The zero-order valence-electron chi connectivity index (χ0n) is 13.1. The molecule has 0 unspecified atom stereocenters. The van der Waals surface area contributed by atoms with Crippen molar-refractivity contribution in [2.24, 2.45) is 0 Å². The Bertz CT molecular complexity index is 530. The minimum Gasteiger partial charge on any atom is -0.475 e. The van der Waals surface area contributed by atoms with Crippen LogP contribution in [0.25, 0.3) is 0 Å². The second-order valence-electron chi connectivity index (χ2n) is 6.01. The SMILES string of the molecule is CCN(C(=O)OC(C)(C)C)C(C)(C)c1nc(C(=O)O)no1. The van der Waals surface area contributed by atoms with Gasteiger partial charge in [0.05, 0.1) is 0 Å². The van der Waals surface area contributed by atoms with Gasteiger partial charge in [-0.15, -0.1) is 0 Å². The lowest BCUT2D eigenvalue weighted by Gasteiger charge is -2.35. The molecule has 8 heteroatoms. The fourth-order valence-electron chi connectivity index (χ4n) is 1.74. The normalized spacial score (nSPS) is 12.1. The molecule has 0 aliphatic carbocycles. The molecule has 1 heterocycles. The second kappa shape index (κ2) is 5.71.